The summed E-state index contributed by atoms with van der Waals surface area (Å²) >= 11 is 0. The molecule has 0 unspecified atom stereocenters. The highest BCUT2D eigenvalue weighted by atomic mass is 16.3. The highest BCUT2D eigenvalue weighted by molar-refractivity contribution is 7.00. The van der Waals surface area contributed by atoms with Crippen LogP contribution in [-0.2, 0) is 27.1 Å². The maximum Gasteiger partial charge on any atom is 0.252 e. The van der Waals surface area contributed by atoms with E-state index in [1.54, 1.807) is 0 Å². The molecule has 2 aliphatic rings. The number of benzene rings is 15. The smallest absolute Gasteiger partial charge is 0.252 e. The van der Waals surface area contributed by atoms with Crippen LogP contribution < -0.4 is 26.2 Å². The lowest BCUT2D eigenvalue weighted by molar-refractivity contribution is 0.569. The molecule has 0 radical (unpaired) electrons. The van der Waals surface area contributed by atoms with Crippen LogP contribution >= 0.6 is 0 Å². The van der Waals surface area contributed by atoms with E-state index in [9.17, 15) is 0 Å². The van der Waals surface area contributed by atoms with Crippen molar-refractivity contribution in [1.82, 2.24) is 0 Å². The Morgan fingerprint density at radius 2 is 0.565 bits per heavy atom. The summed E-state index contributed by atoms with van der Waals surface area (Å²) in [6.45, 7) is 35.2. The Labute approximate surface area is 678 Å². The van der Waals surface area contributed by atoms with Crippen molar-refractivity contribution in [2.75, 3.05) is 9.80 Å². The molecule has 0 saturated heterocycles. The maximum absolute atomic E-state index is 7.00. The van der Waals surface area contributed by atoms with Crippen molar-refractivity contribution in [2.24, 2.45) is 0 Å². The molecular formula is C110H97BN2O2. The van der Waals surface area contributed by atoms with Crippen LogP contribution in [0.3, 0.4) is 0 Å². The van der Waals surface area contributed by atoms with E-state index in [1.807, 2.05) is 0 Å². The van der Waals surface area contributed by atoms with Crippen molar-refractivity contribution < 1.29 is 8.83 Å². The van der Waals surface area contributed by atoms with Crippen LogP contribution in [0, 0.1) is 0 Å². The highest BCUT2D eigenvalue weighted by Crippen LogP contribution is 2.58. The second-order valence-electron chi connectivity index (χ2n) is 37.3. The average Bonchev–Trinajstić information content (AvgIpc) is 1.45. The van der Waals surface area contributed by atoms with Gasteiger partial charge in [0, 0.05) is 66.5 Å². The lowest BCUT2D eigenvalue weighted by Gasteiger charge is -2.47. The molecule has 5 heteroatoms. The predicted molar refractivity (Wildman–Crippen MR) is 492 cm³/mol. The normalized spacial score (nSPS) is 13.1. The van der Waals surface area contributed by atoms with Gasteiger partial charge in [-0.3, -0.25) is 0 Å². The molecular weight excluding hydrogens is 1390 g/mol. The summed E-state index contributed by atoms with van der Waals surface area (Å²) in [6, 6.07) is 120. The fourth-order valence-corrected chi connectivity index (χ4v) is 18.0. The molecule has 2 aromatic heterocycles. The molecule has 0 aliphatic carbocycles. The van der Waals surface area contributed by atoms with Gasteiger partial charge in [0.2, 0.25) is 0 Å². The number of hydrogen-bond acceptors (Lipinski definition) is 4. The number of nitrogens with zero attached hydrogens (tertiary/aromatic N) is 2. The number of hydrogen-bond donors (Lipinski definition) is 0. The molecule has 17 aromatic rings. The van der Waals surface area contributed by atoms with Gasteiger partial charge >= 0.3 is 0 Å². The fourth-order valence-electron chi connectivity index (χ4n) is 18.0. The standard InChI is InChI=1S/C110H97BN2O2/c1-106(2,3)78-57-77(58-79(61-78)107(4,5)6)73-50-52-91-94(60-73)113(104-87(70-38-24-18-25-39-70)62-80(108(7,8)9)63-88(104)71-40-26-19-27-41-71)96-67-82(110(13,14)15)66-95-103(96)111(91)92-59-72(76-55-74(68-34-20-16-21-35-68)54-75(56-76)69-36-22-17-23-37-69)51-53-93(92)112(95)105-89(83-44-32-48-99-101(83)85-42-28-30-46-97(85)114-99)64-81(109(10,11)12)65-90(105)84-45-33-49-100-102(84)86-43-29-31-47-98(86)115-100/h16-67H,1-15H3. The van der Waals surface area contributed by atoms with E-state index in [0.29, 0.717) is 0 Å². The van der Waals surface area contributed by atoms with Gasteiger partial charge in [-0.15, -0.1) is 0 Å². The summed E-state index contributed by atoms with van der Waals surface area (Å²) in [7, 11) is 0. The van der Waals surface area contributed by atoms with E-state index in [1.165, 1.54) is 60.9 Å². The minimum atomic E-state index is -0.382. The Hall–Kier alpha value is -12.4. The number of para-hydroxylation sites is 2. The third kappa shape index (κ3) is 12.7. The highest BCUT2D eigenvalue weighted by Gasteiger charge is 2.47. The van der Waals surface area contributed by atoms with Crippen LogP contribution in [0.5, 0.6) is 0 Å². The van der Waals surface area contributed by atoms with Crippen LogP contribution in [0.15, 0.2) is 324 Å². The van der Waals surface area contributed by atoms with Crippen LogP contribution in [-0.4, -0.2) is 6.71 Å². The van der Waals surface area contributed by atoms with Crippen molar-refractivity contribution >= 4 is 101 Å². The third-order valence-corrected chi connectivity index (χ3v) is 24.4. The van der Waals surface area contributed by atoms with E-state index in [4.69, 9.17) is 8.83 Å². The molecule has 4 heterocycles. The maximum atomic E-state index is 7.00. The van der Waals surface area contributed by atoms with Crippen molar-refractivity contribution in [3.8, 4) is 89.0 Å². The van der Waals surface area contributed by atoms with Crippen molar-refractivity contribution in [3.05, 3.63) is 343 Å². The first-order valence-corrected chi connectivity index (χ1v) is 41.0. The predicted octanol–water partition coefficient (Wildman–Crippen LogP) is 29.4. The van der Waals surface area contributed by atoms with Crippen molar-refractivity contribution in [1.29, 1.82) is 0 Å². The van der Waals surface area contributed by atoms with Gasteiger partial charge in [-0.2, -0.15) is 0 Å². The number of furan rings is 2. The van der Waals surface area contributed by atoms with Crippen LogP contribution in [0.25, 0.3) is 133 Å². The SMILES string of the molecule is CC(C)(C)c1cc(-c2ccc3c(c2)N(c2c(-c4ccccc4)cc(C(C)(C)C)cc2-c2ccccc2)c2cc(C(C)(C)C)cc4c2B3c2cc(-c3cc(-c5ccccc5)cc(-c5ccccc5)c3)ccc2N4c2c(-c3cccc4oc5ccccc5c34)cc(C(C)(C)C)cc2-c2cccc3oc4ccccc4c23)cc(C(C)(C)C)c1. The Morgan fingerprint density at radius 1 is 0.217 bits per heavy atom. The van der Waals surface area contributed by atoms with Gasteiger partial charge in [-0.1, -0.05) is 328 Å². The minimum absolute atomic E-state index is 0.124. The second-order valence-corrected chi connectivity index (χ2v) is 37.3. The van der Waals surface area contributed by atoms with Gasteiger partial charge in [0.15, 0.2) is 0 Å². The van der Waals surface area contributed by atoms with Crippen LogP contribution in [0.1, 0.15) is 132 Å². The number of anilines is 6. The fraction of sp³-hybridized carbons (Fsp3) is 0.182. The molecule has 2 aliphatic heterocycles. The first-order chi connectivity index (χ1) is 55.2. The molecule has 19 rings (SSSR count). The molecule has 0 amide bonds. The van der Waals surface area contributed by atoms with Gasteiger partial charge in [-0.05, 0) is 229 Å². The zero-order chi connectivity index (χ0) is 79.4. The summed E-state index contributed by atoms with van der Waals surface area (Å²) in [5.74, 6) is 0. The first kappa shape index (κ1) is 72.8. The van der Waals surface area contributed by atoms with E-state index < -0.39 is 0 Å². The molecule has 0 spiro atoms. The van der Waals surface area contributed by atoms with Crippen LogP contribution in [0.2, 0.25) is 0 Å². The molecule has 0 saturated carbocycles. The van der Waals surface area contributed by atoms with Gasteiger partial charge in [0.05, 0.1) is 11.4 Å². The van der Waals surface area contributed by atoms with Gasteiger partial charge < -0.3 is 18.6 Å². The monoisotopic (exact) mass is 1490 g/mol. The summed E-state index contributed by atoms with van der Waals surface area (Å²) in [4.78, 5) is 5.49. The van der Waals surface area contributed by atoms with Gasteiger partial charge in [0.25, 0.3) is 6.71 Å². The Kier molecular flexibility index (Phi) is 17.2. The zero-order valence-corrected chi connectivity index (χ0v) is 68.8. The molecule has 15 aromatic carbocycles. The Bertz CT molecular complexity index is 6440. The zero-order valence-electron chi connectivity index (χ0n) is 68.8. The molecule has 115 heavy (non-hydrogen) atoms. The van der Waals surface area contributed by atoms with Crippen molar-refractivity contribution in [2.45, 2.75) is 131 Å². The summed E-state index contributed by atoms with van der Waals surface area (Å²) < 4.78 is 14.0. The van der Waals surface area contributed by atoms with E-state index in [0.717, 1.165) is 150 Å². The van der Waals surface area contributed by atoms with Gasteiger partial charge in [0.1, 0.15) is 22.3 Å². The van der Waals surface area contributed by atoms with E-state index in [-0.39, 0.29) is 33.8 Å². The Morgan fingerprint density at radius 3 is 1.02 bits per heavy atom. The molecule has 0 bridgehead atoms. The molecule has 4 nitrogen and oxygen atoms in total. The molecule has 0 N–H and O–H groups in total. The first-order valence-electron chi connectivity index (χ1n) is 41.0. The average molecular weight is 1490 g/mol. The largest absolute Gasteiger partial charge is 0.456 e. The summed E-state index contributed by atoms with van der Waals surface area (Å²) in [5, 5.41) is 4.29. The second kappa shape index (κ2) is 27.1. The van der Waals surface area contributed by atoms with E-state index in [2.05, 4.69) is 429 Å². The molecule has 0 atom stereocenters. The molecule has 562 valence electrons. The van der Waals surface area contributed by atoms with Crippen molar-refractivity contribution in [3.63, 3.8) is 0 Å². The summed E-state index contributed by atoms with van der Waals surface area (Å²) in [5.41, 5.74) is 37.1. The lowest BCUT2D eigenvalue weighted by atomic mass is 9.33. The lowest BCUT2D eigenvalue weighted by Crippen LogP contribution is -2.61. The molecule has 0 fully saturated rings. The van der Waals surface area contributed by atoms with Gasteiger partial charge in [-0.25, -0.2) is 0 Å². The topological polar surface area (TPSA) is 32.8 Å². The van der Waals surface area contributed by atoms with Crippen LogP contribution in [0.4, 0.5) is 34.1 Å². The third-order valence-electron chi connectivity index (χ3n) is 24.4. The van der Waals surface area contributed by atoms with E-state index >= 15 is 0 Å². The quantitative estimate of drug-likeness (QED) is 0.128. The number of rotatable bonds is 10. The number of fused-ring (bicyclic) bond motifs is 10. The Balaban J connectivity index is 1.02. The summed E-state index contributed by atoms with van der Waals surface area (Å²) in [6.07, 6.45) is 0. The minimum Gasteiger partial charge on any atom is -0.456 e.